The molecular weight excluding hydrogens is 264 g/mol. The standard InChI is InChI=1S/C13H26N2O3S/c1-18-10-9-15(13-6-7-13)19(16,17)11-3-2-8-14-12-4-5-12/h12-14H,2-11H2,1H3. The number of rotatable bonds is 11. The molecule has 0 aromatic heterocycles. The van der Waals surface area contributed by atoms with Crippen molar-refractivity contribution in [3.63, 3.8) is 0 Å². The van der Waals surface area contributed by atoms with Crippen LogP contribution < -0.4 is 5.32 Å². The largest absolute Gasteiger partial charge is 0.383 e. The molecule has 5 nitrogen and oxygen atoms in total. The lowest BCUT2D eigenvalue weighted by molar-refractivity contribution is 0.177. The third kappa shape index (κ3) is 5.38. The zero-order valence-electron chi connectivity index (χ0n) is 11.8. The maximum Gasteiger partial charge on any atom is 0.214 e. The minimum absolute atomic E-state index is 0.240. The van der Waals surface area contributed by atoms with Gasteiger partial charge in [0, 0.05) is 25.7 Å². The number of sulfonamides is 1. The highest BCUT2D eigenvalue weighted by atomic mass is 32.2. The maximum absolute atomic E-state index is 12.3. The molecule has 0 saturated heterocycles. The molecular formula is C13H26N2O3S. The minimum atomic E-state index is -3.09. The molecule has 2 fully saturated rings. The first kappa shape index (κ1) is 15.2. The molecule has 0 spiro atoms. The predicted molar refractivity (Wildman–Crippen MR) is 75.6 cm³/mol. The minimum Gasteiger partial charge on any atom is -0.383 e. The number of nitrogens with one attached hydrogen (secondary N) is 1. The summed E-state index contributed by atoms with van der Waals surface area (Å²) >= 11 is 0. The van der Waals surface area contributed by atoms with E-state index in [1.54, 1.807) is 11.4 Å². The number of ether oxygens (including phenoxy) is 1. The van der Waals surface area contributed by atoms with E-state index in [1.807, 2.05) is 0 Å². The monoisotopic (exact) mass is 290 g/mol. The van der Waals surface area contributed by atoms with Crippen LogP contribution in [0.4, 0.5) is 0 Å². The lowest BCUT2D eigenvalue weighted by atomic mass is 10.3. The van der Waals surface area contributed by atoms with E-state index in [0.717, 1.165) is 32.2 Å². The third-order valence-electron chi connectivity index (χ3n) is 3.67. The number of unbranched alkanes of at least 4 members (excludes halogenated alkanes) is 1. The Morgan fingerprint density at radius 3 is 2.53 bits per heavy atom. The molecule has 0 bridgehead atoms. The quantitative estimate of drug-likeness (QED) is 0.576. The van der Waals surface area contributed by atoms with Crippen molar-refractivity contribution in [2.24, 2.45) is 0 Å². The van der Waals surface area contributed by atoms with Crippen LogP contribution in [0.25, 0.3) is 0 Å². The fraction of sp³-hybridized carbons (Fsp3) is 1.00. The van der Waals surface area contributed by atoms with Gasteiger partial charge >= 0.3 is 0 Å². The first-order valence-electron chi connectivity index (χ1n) is 7.35. The van der Waals surface area contributed by atoms with Gasteiger partial charge in [-0.15, -0.1) is 0 Å². The van der Waals surface area contributed by atoms with Crippen molar-refractivity contribution in [1.29, 1.82) is 0 Å². The lowest BCUT2D eigenvalue weighted by Gasteiger charge is -2.21. The first-order chi connectivity index (χ1) is 9.13. The summed E-state index contributed by atoms with van der Waals surface area (Å²) in [5.74, 6) is 0.277. The molecule has 0 unspecified atom stereocenters. The van der Waals surface area contributed by atoms with Crippen molar-refractivity contribution < 1.29 is 13.2 Å². The van der Waals surface area contributed by atoms with Gasteiger partial charge in [-0.1, -0.05) is 0 Å². The summed E-state index contributed by atoms with van der Waals surface area (Å²) < 4.78 is 31.2. The summed E-state index contributed by atoms with van der Waals surface area (Å²) in [5.41, 5.74) is 0. The van der Waals surface area contributed by atoms with Gasteiger partial charge in [0.05, 0.1) is 12.4 Å². The summed E-state index contributed by atoms with van der Waals surface area (Å²) in [6.45, 7) is 1.93. The van der Waals surface area contributed by atoms with E-state index < -0.39 is 10.0 Å². The van der Waals surface area contributed by atoms with Crippen molar-refractivity contribution in [2.45, 2.75) is 50.6 Å². The highest BCUT2D eigenvalue weighted by molar-refractivity contribution is 7.89. The Hall–Kier alpha value is -0.170. The van der Waals surface area contributed by atoms with Crippen LogP contribution in [0.2, 0.25) is 0 Å². The zero-order chi connectivity index (χ0) is 13.7. The smallest absolute Gasteiger partial charge is 0.214 e. The van der Waals surface area contributed by atoms with Gasteiger partial charge in [0.2, 0.25) is 10.0 Å². The summed E-state index contributed by atoms with van der Waals surface area (Å²) in [7, 11) is -1.48. The second-order valence-electron chi connectivity index (χ2n) is 5.59. The van der Waals surface area contributed by atoms with Crippen molar-refractivity contribution in [3.8, 4) is 0 Å². The molecule has 1 N–H and O–H groups in total. The topological polar surface area (TPSA) is 58.6 Å². The molecule has 0 atom stereocenters. The van der Waals surface area contributed by atoms with Gasteiger partial charge in [-0.05, 0) is 45.1 Å². The van der Waals surface area contributed by atoms with Gasteiger partial charge in [-0.25, -0.2) is 8.42 Å². The number of methoxy groups -OCH3 is 1. The van der Waals surface area contributed by atoms with Crippen molar-refractivity contribution in [2.75, 3.05) is 32.6 Å². The SMILES string of the molecule is COCCN(C1CC1)S(=O)(=O)CCCCNC1CC1. The van der Waals surface area contributed by atoms with E-state index in [4.69, 9.17) is 4.74 Å². The van der Waals surface area contributed by atoms with Gasteiger partial charge in [0.25, 0.3) is 0 Å². The zero-order valence-corrected chi connectivity index (χ0v) is 12.6. The van der Waals surface area contributed by atoms with Gasteiger partial charge in [0.1, 0.15) is 0 Å². The first-order valence-corrected chi connectivity index (χ1v) is 8.96. The summed E-state index contributed by atoms with van der Waals surface area (Å²) in [6, 6.07) is 0.950. The molecule has 2 rings (SSSR count). The van der Waals surface area contributed by atoms with E-state index in [2.05, 4.69) is 5.32 Å². The average molecular weight is 290 g/mol. The van der Waals surface area contributed by atoms with Crippen molar-refractivity contribution in [3.05, 3.63) is 0 Å². The second kappa shape index (κ2) is 7.02. The Labute approximate surface area is 116 Å². The Kier molecular flexibility index (Phi) is 5.62. The summed E-state index contributed by atoms with van der Waals surface area (Å²) in [5, 5.41) is 3.41. The Morgan fingerprint density at radius 1 is 1.21 bits per heavy atom. The van der Waals surface area contributed by atoms with Crippen LogP contribution in [0, 0.1) is 0 Å². The van der Waals surface area contributed by atoms with Crippen molar-refractivity contribution in [1.82, 2.24) is 9.62 Å². The molecule has 6 heteroatoms. The number of hydrogen-bond acceptors (Lipinski definition) is 4. The second-order valence-corrected chi connectivity index (χ2v) is 7.63. The van der Waals surface area contributed by atoms with Crippen LogP contribution in [0.5, 0.6) is 0 Å². The van der Waals surface area contributed by atoms with Crippen LogP contribution in [0.15, 0.2) is 0 Å². The highest BCUT2D eigenvalue weighted by Gasteiger charge is 2.36. The van der Waals surface area contributed by atoms with Crippen LogP contribution >= 0.6 is 0 Å². The van der Waals surface area contributed by atoms with Crippen LogP contribution in [0.1, 0.15) is 38.5 Å². The molecule has 0 aromatic carbocycles. The molecule has 2 saturated carbocycles. The molecule has 0 aliphatic heterocycles. The molecule has 0 heterocycles. The van der Waals surface area contributed by atoms with E-state index >= 15 is 0 Å². The number of nitrogens with zero attached hydrogens (tertiary/aromatic N) is 1. The maximum atomic E-state index is 12.3. The van der Waals surface area contributed by atoms with Crippen LogP contribution in [-0.4, -0.2) is 57.4 Å². The third-order valence-corrected chi connectivity index (χ3v) is 5.67. The normalized spacial score (nSPS) is 20.1. The Balaban J connectivity index is 1.68. The van der Waals surface area contributed by atoms with Crippen molar-refractivity contribution >= 4 is 10.0 Å². The molecule has 19 heavy (non-hydrogen) atoms. The van der Waals surface area contributed by atoms with E-state index in [9.17, 15) is 8.42 Å². The summed E-state index contributed by atoms with van der Waals surface area (Å²) in [6.07, 6.45) is 6.27. The fourth-order valence-electron chi connectivity index (χ4n) is 2.21. The lowest BCUT2D eigenvalue weighted by Crippen LogP contribution is -2.37. The van der Waals surface area contributed by atoms with Gasteiger partial charge < -0.3 is 10.1 Å². The average Bonchev–Trinajstić information content (AvgIpc) is 3.23. The molecule has 0 amide bonds. The van der Waals surface area contributed by atoms with E-state index in [0.29, 0.717) is 19.2 Å². The molecule has 0 radical (unpaired) electrons. The fourth-order valence-corrected chi connectivity index (χ4v) is 4.03. The van der Waals surface area contributed by atoms with Gasteiger partial charge in [-0.3, -0.25) is 0 Å². The van der Waals surface area contributed by atoms with E-state index in [1.165, 1.54) is 12.8 Å². The van der Waals surface area contributed by atoms with Gasteiger partial charge in [-0.2, -0.15) is 4.31 Å². The summed E-state index contributed by atoms with van der Waals surface area (Å²) in [4.78, 5) is 0. The predicted octanol–water partition coefficient (Wildman–Crippen LogP) is 0.959. The molecule has 0 aromatic rings. The van der Waals surface area contributed by atoms with Crippen LogP contribution in [-0.2, 0) is 14.8 Å². The Morgan fingerprint density at radius 2 is 1.95 bits per heavy atom. The number of hydrogen-bond donors (Lipinski definition) is 1. The highest BCUT2D eigenvalue weighted by Crippen LogP contribution is 2.29. The Bertz CT molecular complexity index is 364. The molecule has 112 valence electrons. The van der Waals surface area contributed by atoms with Crippen LogP contribution in [0.3, 0.4) is 0 Å². The van der Waals surface area contributed by atoms with Gasteiger partial charge in [0.15, 0.2) is 0 Å². The van der Waals surface area contributed by atoms with E-state index in [-0.39, 0.29) is 11.8 Å². The molecule has 2 aliphatic rings. The molecule has 2 aliphatic carbocycles.